The van der Waals surface area contributed by atoms with Gasteiger partial charge in [0.05, 0.1) is 0 Å². The van der Waals surface area contributed by atoms with E-state index in [0.29, 0.717) is 0 Å². The molecule has 0 aromatic carbocycles. The highest BCUT2D eigenvalue weighted by molar-refractivity contribution is 5.00. The lowest BCUT2D eigenvalue weighted by Gasteiger charge is -2.04. The van der Waals surface area contributed by atoms with Crippen LogP contribution in [0.5, 0.6) is 0 Å². The second kappa shape index (κ2) is 25.6. The van der Waals surface area contributed by atoms with Crippen molar-refractivity contribution in [3.8, 4) is 11.8 Å². The number of rotatable bonds is 22. The van der Waals surface area contributed by atoms with E-state index in [1.54, 1.807) is 0 Å². The summed E-state index contributed by atoms with van der Waals surface area (Å²) in [6.07, 6.45) is 32.3. The molecule has 0 fully saturated rings. The van der Waals surface area contributed by atoms with Gasteiger partial charge in [-0.2, -0.15) is 0 Å². The van der Waals surface area contributed by atoms with Gasteiger partial charge in [-0.15, -0.1) is 11.8 Å². The first-order valence-corrected chi connectivity index (χ1v) is 12.5. The molecule has 0 aromatic heterocycles. The predicted octanol–water partition coefficient (Wildman–Crippen LogP) is 9.63. The van der Waals surface area contributed by atoms with Gasteiger partial charge >= 0.3 is 0 Å². The molecule has 0 nitrogen and oxygen atoms in total. The summed E-state index contributed by atoms with van der Waals surface area (Å²) in [5.74, 6) is 5.78. The largest absolute Gasteiger partial charge is 0.103 e. The van der Waals surface area contributed by atoms with E-state index >= 15 is 0 Å². The topological polar surface area (TPSA) is 0 Å². The molecule has 0 amide bonds. The van der Waals surface area contributed by atoms with E-state index in [2.05, 4.69) is 25.7 Å². The van der Waals surface area contributed by atoms with Crippen molar-refractivity contribution in [1.29, 1.82) is 0 Å². The smallest absolute Gasteiger partial charge is 0.0198 e. The first-order chi connectivity index (χ1) is 13.4. The Morgan fingerprint density at radius 2 is 0.630 bits per heavy atom. The molecule has 0 saturated heterocycles. The predicted molar refractivity (Wildman–Crippen MR) is 125 cm³/mol. The van der Waals surface area contributed by atoms with Gasteiger partial charge in [0.2, 0.25) is 0 Å². The van der Waals surface area contributed by atoms with Crippen LogP contribution in [0.25, 0.3) is 0 Å². The van der Waals surface area contributed by atoms with Gasteiger partial charge < -0.3 is 0 Å². The molecule has 158 valence electrons. The Morgan fingerprint density at radius 3 is 0.889 bits per heavy atom. The minimum absolute atomic E-state index is 1.04. The number of hydrogen-bond acceptors (Lipinski definition) is 0. The maximum Gasteiger partial charge on any atom is 0.0198 e. The van der Waals surface area contributed by atoms with Crippen LogP contribution in [0.3, 0.4) is 0 Å². The minimum atomic E-state index is 1.04. The highest BCUT2D eigenvalue weighted by Crippen LogP contribution is 2.15. The lowest BCUT2D eigenvalue weighted by molar-refractivity contribution is 0.520. The molecule has 0 saturated carbocycles. The van der Waals surface area contributed by atoms with Crippen LogP contribution < -0.4 is 0 Å². The Balaban J connectivity index is 2.98. The van der Waals surface area contributed by atoms with Gasteiger partial charge in [-0.25, -0.2) is 0 Å². The van der Waals surface area contributed by atoms with Crippen molar-refractivity contribution in [2.24, 2.45) is 0 Å². The van der Waals surface area contributed by atoms with Crippen LogP contribution >= 0.6 is 0 Å². The van der Waals surface area contributed by atoms with Gasteiger partial charge in [0.15, 0.2) is 0 Å². The first-order valence-electron chi connectivity index (χ1n) is 12.5. The molecular formula is C27H50. The fourth-order valence-corrected chi connectivity index (χ4v) is 3.84. The Morgan fingerprint density at radius 1 is 0.370 bits per heavy atom. The Kier molecular flexibility index (Phi) is 25.1. The van der Waals surface area contributed by atoms with E-state index in [4.69, 9.17) is 0 Å². The van der Waals surface area contributed by atoms with Gasteiger partial charge in [-0.3, -0.25) is 0 Å². The van der Waals surface area contributed by atoms with Crippen LogP contribution in [0.2, 0.25) is 0 Å². The third kappa shape index (κ3) is 25.6. The highest BCUT2D eigenvalue weighted by Gasteiger charge is 1.95. The van der Waals surface area contributed by atoms with E-state index in [9.17, 15) is 0 Å². The Bertz CT molecular complexity index is 306. The molecular weight excluding hydrogens is 324 g/mol. The summed E-state index contributed by atoms with van der Waals surface area (Å²) in [5, 5.41) is 0. The van der Waals surface area contributed by atoms with Crippen LogP contribution in [0.4, 0.5) is 0 Å². The van der Waals surface area contributed by atoms with Crippen LogP contribution in [0.1, 0.15) is 148 Å². The van der Waals surface area contributed by atoms with E-state index < -0.39 is 0 Å². The second-order valence-electron chi connectivity index (χ2n) is 8.38. The maximum absolute atomic E-state index is 3.91. The molecule has 0 N–H and O–H groups in total. The van der Waals surface area contributed by atoms with Crippen LogP contribution in [0.15, 0.2) is 0 Å². The molecule has 0 aliphatic rings. The first kappa shape index (κ1) is 26.6. The van der Waals surface area contributed by atoms with Crippen molar-refractivity contribution in [2.45, 2.75) is 148 Å². The normalized spacial score (nSPS) is 10.7. The van der Waals surface area contributed by atoms with E-state index in [1.165, 1.54) is 135 Å². The average molecular weight is 375 g/mol. The molecule has 0 heteroatoms. The van der Waals surface area contributed by atoms with Gasteiger partial charge in [-0.1, -0.05) is 142 Å². The van der Waals surface area contributed by atoms with Gasteiger partial charge in [0.1, 0.15) is 0 Å². The lowest BCUT2D eigenvalue weighted by Crippen LogP contribution is -1.84. The number of hydrogen-bond donors (Lipinski definition) is 0. The van der Waals surface area contributed by atoms with Crippen molar-refractivity contribution < 1.29 is 0 Å². The zero-order chi connectivity index (χ0) is 19.7. The standard InChI is InChI=1S/C27H50/c1-3-5-7-9-11-13-15-17-19-21-23-25-27-26-24-22-20-18-16-14-12-10-8-6-4-2/h1-3,5,7-27H2. The van der Waals surface area contributed by atoms with Crippen LogP contribution in [0, 0.1) is 25.7 Å². The summed E-state index contributed by atoms with van der Waals surface area (Å²) in [7, 11) is 0. The van der Waals surface area contributed by atoms with Gasteiger partial charge in [0.25, 0.3) is 0 Å². The van der Waals surface area contributed by atoms with E-state index in [-0.39, 0.29) is 0 Å². The maximum atomic E-state index is 3.91. The molecule has 0 spiro atoms. The molecule has 0 aliphatic heterocycles. The van der Waals surface area contributed by atoms with Crippen molar-refractivity contribution in [3.05, 3.63) is 13.8 Å². The summed E-state index contributed by atoms with van der Waals surface area (Å²) in [4.78, 5) is 0. The fraction of sp³-hybridized carbons (Fsp3) is 0.852. The molecule has 0 bridgehead atoms. The zero-order valence-corrected chi connectivity index (χ0v) is 18.7. The van der Waals surface area contributed by atoms with E-state index in [0.717, 1.165) is 12.8 Å². The molecule has 0 unspecified atom stereocenters. The van der Waals surface area contributed by atoms with Crippen molar-refractivity contribution in [2.75, 3.05) is 0 Å². The van der Waals surface area contributed by atoms with Crippen LogP contribution in [-0.2, 0) is 0 Å². The summed E-state index contributed by atoms with van der Waals surface area (Å²) in [6.45, 7) is 7.46. The van der Waals surface area contributed by atoms with Crippen molar-refractivity contribution in [1.82, 2.24) is 0 Å². The molecule has 0 aromatic rings. The molecule has 2 radical (unpaired) electrons. The second-order valence-corrected chi connectivity index (χ2v) is 8.38. The average Bonchev–Trinajstić information content (AvgIpc) is 2.68. The van der Waals surface area contributed by atoms with E-state index in [1.807, 2.05) is 0 Å². The Labute approximate surface area is 173 Å². The van der Waals surface area contributed by atoms with Crippen molar-refractivity contribution in [3.63, 3.8) is 0 Å². The molecule has 0 atom stereocenters. The molecule has 0 rings (SSSR count). The van der Waals surface area contributed by atoms with Crippen LogP contribution in [-0.4, -0.2) is 0 Å². The summed E-state index contributed by atoms with van der Waals surface area (Å²) >= 11 is 0. The number of unbranched alkanes of at least 4 members (excludes halogenated alkanes) is 22. The molecule has 0 aliphatic carbocycles. The van der Waals surface area contributed by atoms with Gasteiger partial charge in [0, 0.05) is 13.3 Å². The van der Waals surface area contributed by atoms with Crippen molar-refractivity contribution >= 4 is 0 Å². The minimum Gasteiger partial charge on any atom is -0.103 e. The molecule has 27 heavy (non-hydrogen) atoms. The lowest BCUT2D eigenvalue weighted by atomic mass is 10.0. The monoisotopic (exact) mass is 374 g/mol. The molecule has 0 heterocycles. The summed E-state index contributed by atoms with van der Waals surface area (Å²) in [5.41, 5.74) is 0. The SMILES string of the molecule is [CH2]C#CCCCCCCCCCCCCCCCCCCCCCCC[CH2]. The third-order valence-electron chi connectivity index (χ3n) is 5.68. The third-order valence-corrected chi connectivity index (χ3v) is 5.68. The Hall–Kier alpha value is -0.440. The summed E-state index contributed by atoms with van der Waals surface area (Å²) in [6, 6.07) is 0. The van der Waals surface area contributed by atoms with Gasteiger partial charge in [-0.05, 0) is 6.42 Å². The fourth-order valence-electron chi connectivity index (χ4n) is 3.84. The summed E-state index contributed by atoms with van der Waals surface area (Å²) < 4.78 is 0. The quantitative estimate of drug-likeness (QED) is 0.131. The highest BCUT2D eigenvalue weighted by atomic mass is 14.0. The zero-order valence-electron chi connectivity index (χ0n) is 18.7.